The summed E-state index contributed by atoms with van der Waals surface area (Å²) in [6.07, 6.45) is 0.815. The van der Waals surface area contributed by atoms with Gasteiger partial charge in [-0.25, -0.2) is 0 Å². The number of anilines is 1. The zero-order valence-corrected chi connectivity index (χ0v) is 18.4. The lowest BCUT2D eigenvalue weighted by atomic mass is 10.1. The molecule has 1 aliphatic heterocycles. The maximum Gasteiger partial charge on any atom is 0.255 e. The Hall–Kier alpha value is -3.19. The zero-order chi connectivity index (χ0) is 22.4. The van der Waals surface area contributed by atoms with Gasteiger partial charge in [0.05, 0.1) is 6.54 Å². The molecule has 1 heterocycles. The molecule has 0 aromatic heterocycles. The molecule has 0 spiro atoms. The van der Waals surface area contributed by atoms with E-state index in [1.807, 2.05) is 36.1 Å². The number of rotatable bonds is 5. The topological polar surface area (TPSA) is 73.0 Å². The molecular formula is C24H30N4O3. The van der Waals surface area contributed by atoms with Gasteiger partial charge in [0.2, 0.25) is 5.91 Å². The van der Waals surface area contributed by atoms with Crippen LogP contribution in [0.15, 0.2) is 48.5 Å². The monoisotopic (exact) mass is 422 g/mol. The first-order valence-electron chi connectivity index (χ1n) is 10.5. The Labute approximate surface area is 183 Å². The maximum atomic E-state index is 13.1. The molecule has 1 aliphatic rings. The molecule has 1 saturated heterocycles. The molecule has 0 radical (unpaired) electrons. The van der Waals surface area contributed by atoms with Crippen LogP contribution in [0.1, 0.15) is 32.7 Å². The molecule has 0 unspecified atom stereocenters. The molecule has 164 valence electrons. The highest BCUT2D eigenvalue weighted by molar-refractivity contribution is 6.05. The van der Waals surface area contributed by atoms with Crippen molar-refractivity contribution in [3.63, 3.8) is 0 Å². The molecular weight excluding hydrogens is 392 g/mol. The van der Waals surface area contributed by atoms with Crippen LogP contribution in [0.4, 0.5) is 5.69 Å². The van der Waals surface area contributed by atoms with E-state index in [1.54, 1.807) is 43.3 Å². The predicted octanol–water partition coefficient (Wildman–Crippen LogP) is 2.48. The number of amides is 3. The fourth-order valence-corrected chi connectivity index (χ4v) is 3.52. The maximum absolute atomic E-state index is 13.1. The van der Waals surface area contributed by atoms with E-state index >= 15 is 0 Å². The van der Waals surface area contributed by atoms with Crippen molar-refractivity contribution < 1.29 is 14.4 Å². The van der Waals surface area contributed by atoms with Gasteiger partial charge < -0.3 is 15.1 Å². The van der Waals surface area contributed by atoms with Gasteiger partial charge >= 0.3 is 0 Å². The molecule has 3 rings (SSSR count). The summed E-state index contributed by atoms with van der Waals surface area (Å²) >= 11 is 0. The Morgan fingerprint density at radius 3 is 2.39 bits per heavy atom. The quantitative estimate of drug-likeness (QED) is 0.804. The van der Waals surface area contributed by atoms with E-state index in [1.165, 1.54) is 0 Å². The number of likely N-dealkylation sites (N-methyl/N-ethyl adjacent to an activating group) is 1. The SMILES string of the molecule is Cc1ccc(C(=O)N2CCCN(CC(=O)N(C)C)CC2)cc1NC(=O)c1ccccc1. The van der Waals surface area contributed by atoms with Crippen LogP contribution in [0.3, 0.4) is 0 Å². The van der Waals surface area contributed by atoms with Crippen molar-refractivity contribution >= 4 is 23.4 Å². The van der Waals surface area contributed by atoms with Crippen LogP contribution in [0.5, 0.6) is 0 Å². The number of aryl methyl sites for hydroxylation is 1. The summed E-state index contributed by atoms with van der Waals surface area (Å²) in [7, 11) is 3.50. The minimum Gasteiger partial charge on any atom is -0.348 e. The molecule has 0 saturated carbocycles. The van der Waals surface area contributed by atoms with E-state index in [2.05, 4.69) is 10.2 Å². The molecule has 0 atom stereocenters. The molecule has 7 nitrogen and oxygen atoms in total. The summed E-state index contributed by atoms with van der Waals surface area (Å²) in [6.45, 7) is 4.93. The van der Waals surface area contributed by atoms with Crippen molar-refractivity contribution in [3.8, 4) is 0 Å². The van der Waals surface area contributed by atoms with Gasteiger partial charge in [0, 0.05) is 57.1 Å². The smallest absolute Gasteiger partial charge is 0.255 e. The summed E-state index contributed by atoms with van der Waals surface area (Å²) in [6, 6.07) is 14.4. The highest BCUT2D eigenvalue weighted by atomic mass is 16.2. The molecule has 1 N–H and O–H groups in total. The van der Waals surface area contributed by atoms with E-state index < -0.39 is 0 Å². The van der Waals surface area contributed by atoms with Crippen molar-refractivity contribution in [2.75, 3.05) is 52.1 Å². The first kappa shape index (κ1) is 22.5. The Morgan fingerprint density at radius 1 is 0.935 bits per heavy atom. The van der Waals surface area contributed by atoms with Gasteiger partial charge in [-0.15, -0.1) is 0 Å². The zero-order valence-electron chi connectivity index (χ0n) is 18.4. The van der Waals surface area contributed by atoms with Gasteiger partial charge in [0.1, 0.15) is 0 Å². The molecule has 3 amide bonds. The van der Waals surface area contributed by atoms with E-state index in [4.69, 9.17) is 0 Å². The molecule has 0 aliphatic carbocycles. The number of nitrogens with zero attached hydrogens (tertiary/aromatic N) is 3. The Bertz CT molecular complexity index is 943. The first-order valence-corrected chi connectivity index (χ1v) is 10.5. The number of carbonyl (C=O) groups is 3. The summed E-state index contributed by atoms with van der Waals surface area (Å²) < 4.78 is 0. The number of nitrogens with one attached hydrogen (secondary N) is 1. The van der Waals surface area contributed by atoms with Crippen molar-refractivity contribution in [2.24, 2.45) is 0 Å². The van der Waals surface area contributed by atoms with Gasteiger partial charge in [-0.3, -0.25) is 19.3 Å². The van der Waals surface area contributed by atoms with Gasteiger partial charge in [0.15, 0.2) is 0 Å². The number of benzene rings is 2. The van der Waals surface area contributed by atoms with Crippen molar-refractivity contribution in [1.29, 1.82) is 0 Å². The van der Waals surface area contributed by atoms with Crippen LogP contribution < -0.4 is 5.32 Å². The molecule has 2 aromatic carbocycles. The predicted molar refractivity (Wildman–Crippen MR) is 121 cm³/mol. The second-order valence-electron chi connectivity index (χ2n) is 8.06. The third-order valence-electron chi connectivity index (χ3n) is 5.50. The van der Waals surface area contributed by atoms with Crippen LogP contribution in [0.2, 0.25) is 0 Å². The van der Waals surface area contributed by atoms with Crippen LogP contribution in [-0.2, 0) is 4.79 Å². The van der Waals surface area contributed by atoms with Gasteiger partial charge in [-0.05, 0) is 43.2 Å². The van der Waals surface area contributed by atoms with Crippen LogP contribution in [0.25, 0.3) is 0 Å². The van der Waals surface area contributed by atoms with Gasteiger partial charge in [0.25, 0.3) is 11.8 Å². The fraction of sp³-hybridized carbons (Fsp3) is 0.375. The first-order chi connectivity index (χ1) is 14.8. The number of hydrogen-bond acceptors (Lipinski definition) is 4. The number of carbonyl (C=O) groups excluding carboxylic acids is 3. The van der Waals surface area contributed by atoms with Crippen LogP contribution in [0, 0.1) is 6.92 Å². The third-order valence-corrected chi connectivity index (χ3v) is 5.50. The van der Waals surface area contributed by atoms with Crippen LogP contribution in [-0.4, -0.2) is 79.2 Å². The molecule has 2 aromatic rings. The second kappa shape index (κ2) is 10.2. The summed E-state index contributed by atoms with van der Waals surface area (Å²) in [5, 5.41) is 2.92. The Balaban J connectivity index is 1.67. The lowest BCUT2D eigenvalue weighted by molar-refractivity contribution is -0.129. The molecule has 1 fully saturated rings. The third kappa shape index (κ3) is 5.92. The van der Waals surface area contributed by atoms with Crippen molar-refractivity contribution in [3.05, 3.63) is 65.2 Å². The average Bonchev–Trinajstić information content (AvgIpc) is 3.00. The van der Waals surface area contributed by atoms with Crippen molar-refractivity contribution in [2.45, 2.75) is 13.3 Å². The summed E-state index contributed by atoms with van der Waals surface area (Å²) in [5.74, 6) is -0.197. The van der Waals surface area contributed by atoms with E-state index in [0.717, 1.165) is 18.5 Å². The van der Waals surface area contributed by atoms with E-state index in [9.17, 15) is 14.4 Å². The standard InChI is InChI=1S/C24H30N4O3/c1-18-10-11-20(16-21(18)25-23(30)19-8-5-4-6-9-19)24(31)28-13-7-12-27(14-15-28)17-22(29)26(2)3/h4-6,8-11,16H,7,12-15,17H2,1-3H3,(H,25,30). The highest BCUT2D eigenvalue weighted by Gasteiger charge is 2.22. The molecule has 31 heavy (non-hydrogen) atoms. The molecule has 7 heteroatoms. The van der Waals surface area contributed by atoms with Gasteiger partial charge in [-0.2, -0.15) is 0 Å². The summed E-state index contributed by atoms with van der Waals surface area (Å²) in [5.41, 5.74) is 2.64. The van der Waals surface area contributed by atoms with E-state index in [0.29, 0.717) is 43.0 Å². The summed E-state index contributed by atoms with van der Waals surface area (Å²) in [4.78, 5) is 43.2. The lowest BCUT2D eigenvalue weighted by Crippen LogP contribution is -2.39. The normalized spacial score (nSPS) is 14.6. The van der Waals surface area contributed by atoms with Gasteiger partial charge in [-0.1, -0.05) is 24.3 Å². The largest absolute Gasteiger partial charge is 0.348 e. The van der Waals surface area contributed by atoms with Crippen molar-refractivity contribution in [1.82, 2.24) is 14.7 Å². The minimum absolute atomic E-state index is 0.0593. The number of hydrogen-bond donors (Lipinski definition) is 1. The van der Waals surface area contributed by atoms with Crippen LogP contribution >= 0.6 is 0 Å². The second-order valence-corrected chi connectivity index (χ2v) is 8.06. The lowest BCUT2D eigenvalue weighted by Gasteiger charge is -2.23. The average molecular weight is 423 g/mol. The Kier molecular flexibility index (Phi) is 7.41. The molecule has 0 bridgehead atoms. The fourth-order valence-electron chi connectivity index (χ4n) is 3.52. The highest BCUT2D eigenvalue weighted by Crippen LogP contribution is 2.20. The Morgan fingerprint density at radius 2 is 1.68 bits per heavy atom. The van der Waals surface area contributed by atoms with E-state index in [-0.39, 0.29) is 17.7 Å². The minimum atomic E-state index is -0.204.